The van der Waals surface area contributed by atoms with Crippen molar-refractivity contribution in [3.05, 3.63) is 30.3 Å². The predicted molar refractivity (Wildman–Crippen MR) is 115 cm³/mol. The molecule has 1 unspecified atom stereocenters. The van der Waals surface area contributed by atoms with E-state index in [0.717, 1.165) is 44.2 Å². The van der Waals surface area contributed by atoms with Crippen LogP contribution in [0.4, 0.5) is 0 Å². The number of likely N-dealkylation sites (tertiary alicyclic amines) is 1. The van der Waals surface area contributed by atoms with Crippen molar-refractivity contribution in [2.45, 2.75) is 38.8 Å². The van der Waals surface area contributed by atoms with E-state index in [1.807, 2.05) is 37.3 Å². The van der Waals surface area contributed by atoms with Gasteiger partial charge in [0.1, 0.15) is 21.7 Å². The largest absolute Gasteiger partial charge is 0.489 e. The highest BCUT2D eigenvalue weighted by Crippen LogP contribution is 2.12. The fraction of sp³-hybridized carbons (Fsp3) is 0.650. The molecule has 0 radical (unpaired) electrons. The number of nitrogens with zero attached hydrogens (tertiary/aromatic N) is 2. The minimum Gasteiger partial charge on any atom is -0.489 e. The molecule has 1 aromatic rings. The highest BCUT2D eigenvalue weighted by molar-refractivity contribution is 7.90. The number of para-hydroxylation sites is 1. The van der Waals surface area contributed by atoms with E-state index in [1.54, 1.807) is 0 Å². The molecular formula is C20H34N4O3S. The Labute approximate surface area is 169 Å². The normalized spacial score (nSPS) is 17.9. The quantitative estimate of drug-likeness (QED) is 0.474. The summed E-state index contributed by atoms with van der Waals surface area (Å²) in [6.45, 7) is 7.86. The first kappa shape index (κ1) is 22.5. The number of piperidine rings is 1. The van der Waals surface area contributed by atoms with Gasteiger partial charge in [0, 0.05) is 38.5 Å². The van der Waals surface area contributed by atoms with Gasteiger partial charge in [0.05, 0.1) is 12.3 Å². The van der Waals surface area contributed by atoms with Crippen LogP contribution in [-0.2, 0) is 9.84 Å². The Hall–Kier alpha value is -1.80. The molecule has 1 atom stereocenters. The van der Waals surface area contributed by atoms with E-state index in [1.165, 1.54) is 6.26 Å². The van der Waals surface area contributed by atoms with Crippen molar-refractivity contribution in [1.29, 1.82) is 0 Å². The van der Waals surface area contributed by atoms with Crippen molar-refractivity contribution in [1.82, 2.24) is 15.5 Å². The lowest BCUT2D eigenvalue weighted by Crippen LogP contribution is -2.49. The number of aliphatic imine (C=N–C) groups is 1. The molecule has 1 heterocycles. The molecule has 0 aromatic heterocycles. The van der Waals surface area contributed by atoms with Crippen LogP contribution < -0.4 is 15.4 Å². The maximum absolute atomic E-state index is 11.3. The second-order valence-corrected chi connectivity index (χ2v) is 9.61. The Balaban J connectivity index is 1.78. The zero-order valence-electron chi connectivity index (χ0n) is 17.2. The summed E-state index contributed by atoms with van der Waals surface area (Å²) in [6, 6.07) is 10.1. The lowest BCUT2D eigenvalue weighted by Gasteiger charge is -2.33. The smallest absolute Gasteiger partial charge is 0.191 e. The highest BCUT2D eigenvalue weighted by atomic mass is 32.2. The van der Waals surface area contributed by atoms with Gasteiger partial charge in [-0.1, -0.05) is 18.2 Å². The standard InChI is InChI=1S/C20H34N4O3S/c1-4-21-20(22-16-17(2)27-19-8-6-5-7-9-19)23-18-10-12-24(13-11-18)14-15-28(3,25)26/h5-9,17-18H,4,10-16H2,1-3H3,(H2,21,22,23). The summed E-state index contributed by atoms with van der Waals surface area (Å²) in [5.41, 5.74) is 0. The van der Waals surface area contributed by atoms with E-state index in [-0.39, 0.29) is 11.9 Å². The van der Waals surface area contributed by atoms with Crippen LogP contribution in [0, 0.1) is 0 Å². The number of nitrogens with one attached hydrogen (secondary N) is 2. The topological polar surface area (TPSA) is 83.0 Å². The molecule has 0 bridgehead atoms. The fourth-order valence-electron chi connectivity index (χ4n) is 3.10. The Morgan fingerprint density at radius 2 is 1.96 bits per heavy atom. The Morgan fingerprint density at radius 3 is 2.57 bits per heavy atom. The molecule has 1 saturated heterocycles. The molecule has 1 aliphatic heterocycles. The number of hydrogen-bond acceptors (Lipinski definition) is 5. The van der Waals surface area contributed by atoms with Crippen molar-refractivity contribution in [3.8, 4) is 5.75 Å². The van der Waals surface area contributed by atoms with Crippen LogP contribution in [-0.4, -0.2) is 76.2 Å². The summed E-state index contributed by atoms with van der Waals surface area (Å²) in [6.07, 6.45) is 3.23. The van der Waals surface area contributed by atoms with Crippen LogP contribution in [0.2, 0.25) is 0 Å². The Bertz CT molecular complexity index is 701. The van der Waals surface area contributed by atoms with E-state index in [4.69, 9.17) is 4.74 Å². The summed E-state index contributed by atoms with van der Waals surface area (Å²) >= 11 is 0. The van der Waals surface area contributed by atoms with E-state index < -0.39 is 9.84 Å². The fourth-order valence-corrected chi connectivity index (χ4v) is 3.69. The van der Waals surface area contributed by atoms with Gasteiger partial charge in [0.2, 0.25) is 0 Å². The third kappa shape index (κ3) is 8.93. The third-order valence-corrected chi connectivity index (χ3v) is 5.56. The molecular weight excluding hydrogens is 376 g/mol. The van der Waals surface area contributed by atoms with Gasteiger partial charge in [0.15, 0.2) is 5.96 Å². The highest BCUT2D eigenvalue weighted by Gasteiger charge is 2.20. The summed E-state index contributed by atoms with van der Waals surface area (Å²) in [5, 5.41) is 6.80. The molecule has 158 valence electrons. The van der Waals surface area contributed by atoms with Crippen LogP contribution in [0.3, 0.4) is 0 Å². The zero-order valence-corrected chi connectivity index (χ0v) is 18.0. The van der Waals surface area contributed by atoms with Crippen LogP contribution in [0.1, 0.15) is 26.7 Å². The van der Waals surface area contributed by atoms with Crippen molar-refractivity contribution in [2.75, 3.05) is 44.7 Å². The van der Waals surface area contributed by atoms with Crippen LogP contribution in [0.15, 0.2) is 35.3 Å². The Kier molecular flexibility index (Phi) is 9.05. The van der Waals surface area contributed by atoms with Crippen LogP contribution in [0.5, 0.6) is 5.75 Å². The van der Waals surface area contributed by atoms with Crippen molar-refractivity contribution < 1.29 is 13.2 Å². The number of sulfone groups is 1. The van der Waals surface area contributed by atoms with Crippen LogP contribution in [0.25, 0.3) is 0 Å². The van der Waals surface area contributed by atoms with Crippen LogP contribution >= 0.6 is 0 Å². The number of rotatable bonds is 9. The van der Waals surface area contributed by atoms with Gasteiger partial charge in [-0.2, -0.15) is 0 Å². The monoisotopic (exact) mass is 410 g/mol. The average Bonchev–Trinajstić information content (AvgIpc) is 2.66. The molecule has 0 saturated carbocycles. The van der Waals surface area contributed by atoms with Gasteiger partial charge < -0.3 is 20.3 Å². The molecule has 8 heteroatoms. The van der Waals surface area contributed by atoms with Crippen molar-refractivity contribution in [2.24, 2.45) is 4.99 Å². The molecule has 0 amide bonds. The maximum atomic E-state index is 11.3. The lowest BCUT2D eigenvalue weighted by molar-refractivity contribution is 0.215. The van der Waals surface area contributed by atoms with Gasteiger partial charge in [-0.15, -0.1) is 0 Å². The van der Waals surface area contributed by atoms with Crippen molar-refractivity contribution in [3.63, 3.8) is 0 Å². The first-order valence-corrected chi connectivity index (χ1v) is 12.1. The Morgan fingerprint density at radius 1 is 1.29 bits per heavy atom. The van der Waals surface area contributed by atoms with Gasteiger partial charge >= 0.3 is 0 Å². The molecule has 0 spiro atoms. The van der Waals surface area contributed by atoms with Gasteiger partial charge in [0.25, 0.3) is 0 Å². The number of ether oxygens (including phenoxy) is 1. The van der Waals surface area contributed by atoms with Gasteiger partial charge in [-0.05, 0) is 38.8 Å². The number of benzene rings is 1. The third-order valence-electron chi connectivity index (χ3n) is 4.64. The minimum absolute atomic E-state index is 0.0179. The first-order valence-electron chi connectivity index (χ1n) is 10.0. The molecule has 2 N–H and O–H groups in total. The molecule has 1 aliphatic rings. The van der Waals surface area contributed by atoms with E-state index in [0.29, 0.717) is 19.1 Å². The van der Waals surface area contributed by atoms with Gasteiger partial charge in [-0.25, -0.2) is 13.4 Å². The first-order chi connectivity index (χ1) is 13.4. The average molecular weight is 411 g/mol. The summed E-state index contributed by atoms with van der Waals surface area (Å²) < 4.78 is 28.5. The molecule has 1 fully saturated rings. The van der Waals surface area contributed by atoms with E-state index in [9.17, 15) is 8.42 Å². The van der Waals surface area contributed by atoms with E-state index in [2.05, 4.69) is 27.4 Å². The molecule has 2 rings (SSSR count). The maximum Gasteiger partial charge on any atom is 0.191 e. The molecule has 28 heavy (non-hydrogen) atoms. The molecule has 7 nitrogen and oxygen atoms in total. The SMILES string of the molecule is CCNC(=NCC(C)Oc1ccccc1)NC1CCN(CCS(C)(=O)=O)CC1. The number of hydrogen-bond donors (Lipinski definition) is 2. The second kappa shape index (κ2) is 11.3. The predicted octanol–water partition coefficient (Wildman–Crippen LogP) is 1.52. The second-order valence-electron chi connectivity index (χ2n) is 7.35. The summed E-state index contributed by atoms with van der Waals surface area (Å²) in [7, 11) is -2.90. The van der Waals surface area contributed by atoms with E-state index >= 15 is 0 Å². The zero-order chi connectivity index (χ0) is 20.4. The molecule has 1 aromatic carbocycles. The van der Waals surface area contributed by atoms with Gasteiger partial charge in [-0.3, -0.25) is 0 Å². The number of guanidine groups is 1. The molecule has 0 aliphatic carbocycles. The van der Waals surface area contributed by atoms with Crippen molar-refractivity contribution >= 4 is 15.8 Å². The summed E-state index contributed by atoms with van der Waals surface area (Å²) in [4.78, 5) is 6.89. The minimum atomic E-state index is -2.90. The summed E-state index contributed by atoms with van der Waals surface area (Å²) in [5.74, 6) is 1.89. The lowest BCUT2D eigenvalue weighted by atomic mass is 10.1.